The van der Waals surface area contributed by atoms with Crippen LogP contribution in [-0.2, 0) is 4.79 Å². The first kappa shape index (κ1) is 16.1. The average molecular weight is 328 g/mol. The van der Waals surface area contributed by atoms with Crippen molar-refractivity contribution < 1.29 is 9.90 Å². The molecule has 0 radical (unpaired) electrons. The number of benzene rings is 1. The molecule has 3 atom stereocenters. The zero-order chi connectivity index (χ0) is 16.8. The number of aliphatic carboxylic acids is 1. The van der Waals surface area contributed by atoms with E-state index in [4.69, 9.17) is 0 Å². The average Bonchev–Trinajstić information content (AvgIpc) is 3.48. The zero-order valence-corrected chi connectivity index (χ0v) is 14.5. The first-order chi connectivity index (χ1) is 11.5. The number of hydrogen-bond donors (Lipinski definition) is 2. The van der Waals surface area contributed by atoms with Gasteiger partial charge in [-0.05, 0) is 56.6 Å². The van der Waals surface area contributed by atoms with Crippen molar-refractivity contribution in [2.45, 2.75) is 56.5 Å². The van der Waals surface area contributed by atoms with Crippen molar-refractivity contribution in [3.8, 4) is 0 Å². The molecule has 4 heteroatoms. The Morgan fingerprint density at radius 1 is 1.29 bits per heavy atom. The van der Waals surface area contributed by atoms with E-state index in [-0.39, 0.29) is 0 Å². The molecule has 1 aliphatic heterocycles. The summed E-state index contributed by atoms with van der Waals surface area (Å²) < 4.78 is 0. The molecular weight excluding hydrogens is 300 g/mol. The highest BCUT2D eigenvalue weighted by atomic mass is 16.4. The van der Waals surface area contributed by atoms with Gasteiger partial charge >= 0.3 is 5.97 Å². The van der Waals surface area contributed by atoms with Crippen molar-refractivity contribution in [3.63, 3.8) is 0 Å². The maximum absolute atomic E-state index is 11.7. The number of hydrogen-bond acceptors (Lipinski definition) is 3. The van der Waals surface area contributed by atoms with E-state index < -0.39 is 11.5 Å². The van der Waals surface area contributed by atoms with Gasteiger partial charge in [-0.1, -0.05) is 30.3 Å². The smallest absolute Gasteiger partial charge is 0.323 e. The predicted octanol–water partition coefficient (Wildman–Crippen LogP) is 2.85. The van der Waals surface area contributed by atoms with E-state index in [1.165, 1.54) is 24.8 Å². The molecule has 3 fully saturated rings. The molecule has 0 amide bonds. The molecule has 1 aromatic carbocycles. The van der Waals surface area contributed by atoms with Crippen LogP contribution >= 0.6 is 0 Å². The normalized spacial score (nSPS) is 34.2. The molecule has 1 heterocycles. The molecule has 0 bridgehead atoms. The first-order valence-electron chi connectivity index (χ1n) is 9.29. The summed E-state index contributed by atoms with van der Waals surface area (Å²) in [6.07, 6.45) is 5.48. The van der Waals surface area contributed by atoms with Gasteiger partial charge in [0.2, 0.25) is 0 Å². The minimum atomic E-state index is -0.657. The quantitative estimate of drug-likeness (QED) is 0.808. The minimum absolute atomic E-state index is 0.310. The van der Waals surface area contributed by atoms with Crippen LogP contribution in [0.15, 0.2) is 30.3 Å². The molecular formula is C20H28N2O2. The lowest BCUT2D eigenvalue weighted by molar-refractivity contribution is -0.149. The van der Waals surface area contributed by atoms with Gasteiger partial charge in [0.1, 0.15) is 5.54 Å². The number of carbonyl (C=O) groups is 1. The molecule has 1 unspecified atom stereocenters. The van der Waals surface area contributed by atoms with Crippen LogP contribution in [0.4, 0.5) is 0 Å². The Kier molecular flexibility index (Phi) is 3.92. The van der Waals surface area contributed by atoms with Gasteiger partial charge in [-0.3, -0.25) is 9.69 Å². The number of rotatable bonds is 7. The topological polar surface area (TPSA) is 52.6 Å². The van der Waals surface area contributed by atoms with Gasteiger partial charge < -0.3 is 10.4 Å². The third kappa shape index (κ3) is 2.98. The van der Waals surface area contributed by atoms with Crippen molar-refractivity contribution in [1.82, 2.24) is 10.2 Å². The lowest BCUT2D eigenvalue weighted by Gasteiger charge is -2.34. The van der Waals surface area contributed by atoms with Crippen molar-refractivity contribution in [1.29, 1.82) is 0 Å². The Bertz CT molecular complexity index is 613. The minimum Gasteiger partial charge on any atom is -0.480 e. The Hall–Kier alpha value is -1.39. The second-order valence-corrected chi connectivity index (χ2v) is 8.34. The number of nitrogens with zero attached hydrogens (tertiary/aromatic N) is 1. The fraction of sp³-hybridized carbons (Fsp3) is 0.650. The van der Waals surface area contributed by atoms with Crippen LogP contribution in [0.2, 0.25) is 0 Å². The van der Waals surface area contributed by atoms with Gasteiger partial charge in [0.15, 0.2) is 0 Å². The third-order valence-corrected chi connectivity index (χ3v) is 6.49. The molecule has 2 N–H and O–H groups in total. The Balaban J connectivity index is 1.31. The van der Waals surface area contributed by atoms with Crippen molar-refractivity contribution >= 4 is 5.97 Å². The molecule has 130 valence electrons. The van der Waals surface area contributed by atoms with Crippen LogP contribution in [0.5, 0.6) is 0 Å². The number of likely N-dealkylation sites (tertiary alicyclic amines) is 1. The fourth-order valence-electron chi connectivity index (χ4n) is 4.32. The standard InChI is InChI=1S/C20H28N2O2/c1-19(18(23)24)8-5-11-22(19)14-20(9-10-20)13-21-17-12-16(17)15-6-3-2-4-7-15/h2-4,6-7,16-17,21H,5,8-14H2,1H3,(H,23,24)/t16?,17-,19+/m1/s1. The van der Waals surface area contributed by atoms with Crippen molar-refractivity contribution in [2.75, 3.05) is 19.6 Å². The number of nitrogens with one attached hydrogen (secondary N) is 1. The van der Waals surface area contributed by atoms with E-state index >= 15 is 0 Å². The van der Waals surface area contributed by atoms with Crippen LogP contribution in [0, 0.1) is 5.41 Å². The van der Waals surface area contributed by atoms with Crippen molar-refractivity contribution in [2.24, 2.45) is 5.41 Å². The van der Waals surface area contributed by atoms with Gasteiger partial charge in [-0.2, -0.15) is 0 Å². The summed E-state index contributed by atoms with van der Waals surface area (Å²) in [7, 11) is 0. The lowest BCUT2D eigenvalue weighted by atomic mass is 9.97. The summed E-state index contributed by atoms with van der Waals surface area (Å²) in [5.41, 5.74) is 1.10. The summed E-state index contributed by atoms with van der Waals surface area (Å²) in [5.74, 6) is 0.00756. The highest BCUT2D eigenvalue weighted by Crippen LogP contribution is 2.49. The summed E-state index contributed by atoms with van der Waals surface area (Å²) in [5, 5.41) is 13.4. The van der Waals surface area contributed by atoms with Crippen LogP contribution in [-0.4, -0.2) is 47.2 Å². The van der Waals surface area contributed by atoms with Gasteiger partial charge in [-0.15, -0.1) is 0 Å². The number of carboxylic acid groups (broad SMARTS) is 1. The SMILES string of the molecule is C[C@@]1(C(=O)O)CCCN1CC1(CN[C@@H]2CC2c2ccccc2)CC1. The Morgan fingerprint density at radius 2 is 2.04 bits per heavy atom. The van der Waals surface area contributed by atoms with Crippen LogP contribution in [0.25, 0.3) is 0 Å². The first-order valence-corrected chi connectivity index (χ1v) is 9.29. The molecule has 4 rings (SSSR count). The summed E-state index contributed by atoms with van der Waals surface area (Å²) >= 11 is 0. The molecule has 4 nitrogen and oxygen atoms in total. The van der Waals surface area contributed by atoms with E-state index in [1.807, 2.05) is 6.92 Å². The lowest BCUT2D eigenvalue weighted by Crippen LogP contribution is -2.51. The summed E-state index contributed by atoms with van der Waals surface area (Å²) in [6, 6.07) is 11.4. The maximum Gasteiger partial charge on any atom is 0.323 e. The maximum atomic E-state index is 11.7. The van der Waals surface area contributed by atoms with Gasteiger partial charge in [-0.25, -0.2) is 0 Å². The Morgan fingerprint density at radius 3 is 2.71 bits per heavy atom. The third-order valence-electron chi connectivity index (χ3n) is 6.49. The van der Waals surface area contributed by atoms with Gasteiger partial charge in [0.25, 0.3) is 0 Å². The van der Waals surface area contributed by atoms with Crippen LogP contribution in [0.3, 0.4) is 0 Å². The molecule has 0 spiro atoms. The fourth-order valence-corrected chi connectivity index (χ4v) is 4.32. The second kappa shape index (κ2) is 5.85. The highest BCUT2D eigenvalue weighted by molar-refractivity contribution is 5.78. The summed E-state index contributed by atoms with van der Waals surface area (Å²) in [4.78, 5) is 13.9. The zero-order valence-electron chi connectivity index (χ0n) is 14.5. The molecule has 1 aromatic rings. The summed E-state index contributed by atoms with van der Waals surface area (Å²) in [6.45, 7) is 4.80. The van der Waals surface area contributed by atoms with Crippen molar-refractivity contribution in [3.05, 3.63) is 35.9 Å². The Labute approximate surface area is 144 Å². The van der Waals surface area contributed by atoms with E-state index in [0.29, 0.717) is 17.4 Å². The van der Waals surface area contributed by atoms with E-state index in [9.17, 15) is 9.90 Å². The highest BCUT2D eigenvalue weighted by Gasteiger charge is 2.51. The molecule has 3 aliphatic rings. The molecule has 2 saturated carbocycles. The van der Waals surface area contributed by atoms with E-state index in [1.54, 1.807) is 0 Å². The van der Waals surface area contributed by atoms with Crippen LogP contribution in [0.1, 0.15) is 50.5 Å². The number of carboxylic acids is 1. The van der Waals surface area contributed by atoms with E-state index in [0.717, 1.165) is 32.5 Å². The molecule has 0 aromatic heterocycles. The second-order valence-electron chi connectivity index (χ2n) is 8.34. The van der Waals surface area contributed by atoms with E-state index in [2.05, 4.69) is 40.5 Å². The molecule has 24 heavy (non-hydrogen) atoms. The predicted molar refractivity (Wildman–Crippen MR) is 94.1 cm³/mol. The van der Waals surface area contributed by atoms with Crippen LogP contribution < -0.4 is 5.32 Å². The van der Waals surface area contributed by atoms with Gasteiger partial charge in [0.05, 0.1) is 0 Å². The van der Waals surface area contributed by atoms with Gasteiger partial charge in [0, 0.05) is 25.0 Å². The molecule has 1 saturated heterocycles. The largest absolute Gasteiger partial charge is 0.480 e. The molecule has 2 aliphatic carbocycles. The monoisotopic (exact) mass is 328 g/mol.